The highest BCUT2D eigenvalue weighted by Crippen LogP contribution is 2.27. The molecule has 2 heteroatoms. The van der Waals surface area contributed by atoms with Crippen molar-refractivity contribution in [3.8, 4) is 0 Å². The highest BCUT2D eigenvalue weighted by Gasteiger charge is 2.10. The zero-order valence-corrected chi connectivity index (χ0v) is 15.5. The van der Waals surface area contributed by atoms with Gasteiger partial charge in [-0.15, -0.1) is 0 Å². The standard InChI is InChI=1S/C23H29NO/c1-3-4-5-6-7-8-9-10-23(25)18-12-14-22-20(16-18)19-15-17(2)11-13-21(19)24-22/h11-16,24H,3-10H2,1-2H3. The van der Waals surface area contributed by atoms with Crippen LogP contribution in [0.5, 0.6) is 0 Å². The second-order valence-corrected chi connectivity index (χ2v) is 7.23. The Labute approximate surface area is 150 Å². The molecule has 25 heavy (non-hydrogen) atoms. The van der Waals surface area contributed by atoms with E-state index in [9.17, 15) is 4.79 Å². The number of Topliss-reactive ketones (excluding diaryl/α,β-unsaturated/α-hetero) is 1. The van der Waals surface area contributed by atoms with Crippen molar-refractivity contribution in [3.05, 3.63) is 47.5 Å². The molecule has 1 N–H and O–H groups in total. The zero-order valence-electron chi connectivity index (χ0n) is 15.5. The van der Waals surface area contributed by atoms with Gasteiger partial charge in [0.25, 0.3) is 0 Å². The predicted octanol–water partition coefficient (Wildman–Crippen LogP) is 6.95. The van der Waals surface area contributed by atoms with Crippen LogP contribution in [0.2, 0.25) is 0 Å². The average Bonchev–Trinajstić information content (AvgIpc) is 2.98. The molecular weight excluding hydrogens is 306 g/mol. The quantitative estimate of drug-likeness (QED) is 0.333. The number of aromatic nitrogens is 1. The molecule has 0 atom stereocenters. The van der Waals surface area contributed by atoms with E-state index < -0.39 is 0 Å². The van der Waals surface area contributed by atoms with Gasteiger partial charge in [-0.3, -0.25) is 4.79 Å². The van der Waals surface area contributed by atoms with Crippen molar-refractivity contribution < 1.29 is 4.79 Å². The van der Waals surface area contributed by atoms with Crippen LogP contribution in [0, 0.1) is 6.92 Å². The zero-order chi connectivity index (χ0) is 17.6. The minimum Gasteiger partial charge on any atom is -0.355 e. The van der Waals surface area contributed by atoms with Gasteiger partial charge in [0.2, 0.25) is 0 Å². The van der Waals surface area contributed by atoms with E-state index in [1.54, 1.807) is 0 Å². The molecule has 0 spiro atoms. The third-order valence-electron chi connectivity index (χ3n) is 5.08. The third kappa shape index (κ3) is 4.31. The van der Waals surface area contributed by atoms with Crippen molar-refractivity contribution in [1.29, 1.82) is 0 Å². The lowest BCUT2D eigenvalue weighted by atomic mass is 10.0. The Morgan fingerprint density at radius 3 is 2.24 bits per heavy atom. The average molecular weight is 335 g/mol. The maximum Gasteiger partial charge on any atom is 0.162 e. The number of benzene rings is 2. The van der Waals surface area contributed by atoms with Gasteiger partial charge in [-0.05, 0) is 43.7 Å². The fourth-order valence-corrected chi connectivity index (χ4v) is 3.57. The molecule has 0 amide bonds. The molecule has 0 unspecified atom stereocenters. The Balaban J connectivity index is 1.64. The first kappa shape index (κ1) is 17.7. The molecule has 132 valence electrons. The van der Waals surface area contributed by atoms with Crippen LogP contribution in [0.25, 0.3) is 21.8 Å². The van der Waals surface area contributed by atoms with Crippen molar-refractivity contribution in [2.24, 2.45) is 0 Å². The molecule has 0 bridgehead atoms. The number of nitrogens with one attached hydrogen (secondary N) is 1. The molecule has 0 saturated carbocycles. The van der Waals surface area contributed by atoms with Crippen LogP contribution in [-0.2, 0) is 0 Å². The van der Waals surface area contributed by atoms with Gasteiger partial charge in [0.05, 0.1) is 0 Å². The number of unbranched alkanes of at least 4 members (excludes halogenated alkanes) is 6. The Kier molecular flexibility index (Phi) is 5.91. The SMILES string of the molecule is CCCCCCCCCC(=O)c1ccc2[nH]c3ccc(C)cc3c2c1. The minimum absolute atomic E-state index is 0.275. The summed E-state index contributed by atoms with van der Waals surface area (Å²) in [5.74, 6) is 0.275. The maximum atomic E-state index is 12.5. The number of rotatable bonds is 9. The molecule has 1 heterocycles. The lowest BCUT2D eigenvalue weighted by Crippen LogP contribution is -1.98. The Hall–Kier alpha value is -2.09. The summed E-state index contributed by atoms with van der Waals surface area (Å²) in [6.45, 7) is 4.35. The van der Waals surface area contributed by atoms with E-state index >= 15 is 0 Å². The first-order valence-electron chi connectivity index (χ1n) is 9.74. The van der Waals surface area contributed by atoms with Gasteiger partial charge in [0.15, 0.2) is 5.78 Å². The van der Waals surface area contributed by atoms with Gasteiger partial charge in [-0.2, -0.15) is 0 Å². The van der Waals surface area contributed by atoms with E-state index in [-0.39, 0.29) is 5.78 Å². The number of aryl methyl sites for hydroxylation is 1. The number of ketones is 1. The summed E-state index contributed by atoms with van der Waals surface area (Å²) in [6, 6.07) is 12.5. The third-order valence-corrected chi connectivity index (χ3v) is 5.08. The van der Waals surface area contributed by atoms with Crippen molar-refractivity contribution >= 4 is 27.6 Å². The Morgan fingerprint density at radius 1 is 0.840 bits per heavy atom. The van der Waals surface area contributed by atoms with Gasteiger partial charge >= 0.3 is 0 Å². The van der Waals surface area contributed by atoms with Crippen LogP contribution >= 0.6 is 0 Å². The summed E-state index contributed by atoms with van der Waals surface area (Å²) < 4.78 is 0. The first-order chi connectivity index (χ1) is 12.2. The molecular formula is C23H29NO. The second-order valence-electron chi connectivity index (χ2n) is 7.23. The summed E-state index contributed by atoms with van der Waals surface area (Å²) >= 11 is 0. The summed E-state index contributed by atoms with van der Waals surface area (Å²) in [7, 11) is 0. The number of aromatic amines is 1. The van der Waals surface area contributed by atoms with E-state index in [1.165, 1.54) is 49.5 Å². The van der Waals surface area contributed by atoms with Crippen LogP contribution in [0.4, 0.5) is 0 Å². The summed E-state index contributed by atoms with van der Waals surface area (Å²) in [5.41, 5.74) is 4.33. The minimum atomic E-state index is 0.275. The highest BCUT2D eigenvalue weighted by atomic mass is 16.1. The smallest absolute Gasteiger partial charge is 0.162 e. The predicted molar refractivity (Wildman–Crippen MR) is 107 cm³/mol. The summed E-state index contributed by atoms with van der Waals surface area (Å²) in [4.78, 5) is 16.0. The fourth-order valence-electron chi connectivity index (χ4n) is 3.57. The van der Waals surface area contributed by atoms with Crippen LogP contribution in [0.3, 0.4) is 0 Å². The van der Waals surface area contributed by atoms with Crippen molar-refractivity contribution in [2.75, 3.05) is 0 Å². The molecule has 0 saturated heterocycles. The molecule has 2 aromatic carbocycles. The molecule has 2 nitrogen and oxygen atoms in total. The normalized spacial score (nSPS) is 11.4. The van der Waals surface area contributed by atoms with Crippen LogP contribution in [0.15, 0.2) is 36.4 Å². The highest BCUT2D eigenvalue weighted by molar-refractivity contribution is 6.10. The molecule has 3 aromatic rings. The topological polar surface area (TPSA) is 32.9 Å². The fraction of sp³-hybridized carbons (Fsp3) is 0.435. The molecule has 0 aliphatic heterocycles. The van der Waals surface area contributed by atoms with Gasteiger partial charge in [0, 0.05) is 33.8 Å². The van der Waals surface area contributed by atoms with E-state index in [4.69, 9.17) is 0 Å². The number of carbonyl (C=O) groups excluding carboxylic acids is 1. The maximum absolute atomic E-state index is 12.5. The van der Waals surface area contributed by atoms with Crippen molar-refractivity contribution in [3.63, 3.8) is 0 Å². The van der Waals surface area contributed by atoms with E-state index in [0.717, 1.165) is 28.4 Å². The number of hydrogen-bond donors (Lipinski definition) is 1. The van der Waals surface area contributed by atoms with E-state index in [0.29, 0.717) is 6.42 Å². The van der Waals surface area contributed by atoms with Crippen LogP contribution < -0.4 is 0 Å². The first-order valence-corrected chi connectivity index (χ1v) is 9.74. The monoisotopic (exact) mass is 335 g/mol. The number of H-pyrrole nitrogens is 1. The van der Waals surface area contributed by atoms with Gasteiger partial charge in [-0.25, -0.2) is 0 Å². The molecule has 0 aliphatic carbocycles. The lowest BCUT2D eigenvalue weighted by molar-refractivity contribution is 0.0979. The number of fused-ring (bicyclic) bond motifs is 3. The molecule has 0 aliphatic rings. The number of hydrogen-bond acceptors (Lipinski definition) is 1. The van der Waals surface area contributed by atoms with Crippen LogP contribution in [-0.4, -0.2) is 10.8 Å². The Bertz CT molecular complexity index is 859. The van der Waals surface area contributed by atoms with Crippen LogP contribution in [0.1, 0.15) is 74.2 Å². The van der Waals surface area contributed by atoms with Crippen molar-refractivity contribution in [2.45, 2.75) is 65.2 Å². The lowest BCUT2D eigenvalue weighted by Gasteiger charge is -2.03. The number of carbonyl (C=O) groups is 1. The Morgan fingerprint density at radius 2 is 1.48 bits per heavy atom. The van der Waals surface area contributed by atoms with Gasteiger partial charge in [0.1, 0.15) is 0 Å². The van der Waals surface area contributed by atoms with Gasteiger partial charge in [-0.1, -0.05) is 57.1 Å². The molecule has 3 rings (SSSR count). The van der Waals surface area contributed by atoms with E-state index in [1.807, 2.05) is 12.1 Å². The largest absolute Gasteiger partial charge is 0.355 e. The molecule has 0 fully saturated rings. The summed E-state index contributed by atoms with van der Waals surface area (Å²) in [6.07, 6.45) is 9.37. The molecule has 1 aromatic heterocycles. The van der Waals surface area contributed by atoms with Crippen molar-refractivity contribution in [1.82, 2.24) is 4.98 Å². The summed E-state index contributed by atoms with van der Waals surface area (Å²) in [5, 5.41) is 2.37. The molecule has 0 radical (unpaired) electrons. The second kappa shape index (κ2) is 8.33. The van der Waals surface area contributed by atoms with E-state index in [2.05, 4.69) is 43.1 Å². The van der Waals surface area contributed by atoms with Gasteiger partial charge < -0.3 is 4.98 Å².